The normalized spacial score (nSPS) is 13.5. The fraction of sp³-hybridized carbons (Fsp3) is 0.222. The molecule has 0 bridgehead atoms. The van der Waals surface area contributed by atoms with Crippen LogP contribution in [0.4, 0.5) is 0 Å². The zero-order chi connectivity index (χ0) is 18.8. The van der Waals surface area contributed by atoms with Gasteiger partial charge in [0.25, 0.3) is 5.56 Å². The summed E-state index contributed by atoms with van der Waals surface area (Å²) in [6.07, 6.45) is 3.23. The first-order chi connectivity index (χ1) is 13.1. The SMILES string of the molecule is O=C(CSc1nc2ccccc2c(=O)n1C1CC1)NNC(=O)c1ccco1. The molecule has 1 aliphatic rings. The lowest BCUT2D eigenvalue weighted by Gasteiger charge is -2.12. The lowest BCUT2D eigenvalue weighted by Crippen LogP contribution is -2.42. The molecule has 4 rings (SSSR count). The Labute approximate surface area is 157 Å². The largest absolute Gasteiger partial charge is 0.459 e. The van der Waals surface area contributed by atoms with Crippen molar-refractivity contribution in [3.05, 3.63) is 58.8 Å². The second-order valence-electron chi connectivity index (χ2n) is 6.09. The Balaban J connectivity index is 1.45. The van der Waals surface area contributed by atoms with Gasteiger partial charge in [-0.25, -0.2) is 4.98 Å². The number of para-hydroxylation sites is 1. The maximum Gasteiger partial charge on any atom is 0.305 e. The molecule has 2 N–H and O–H groups in total. The van der Waals surface area contributed by atoms with Crippen LogP contribution < -0.4 is 16.4 Å². The smallest absolute Gasteiger partial charge is 0.305 e. The molecule has 1 fully saturated rings. The monoisotopic (exact) mass is 384 g/mol. The van der Waals surface area contributed by atoms with Crippen LogP contribution in [-0.4, -0.2) is 27.1 Å². The van der Waals surface area contributed by atoms with Gasteiger partial charge in [-0.1, -0.05) is 23.9 Å². The number of aromatic nitrogens is 2. The maximum absolute atomic E-state index is 12.8. The molecule has 0 atom stereocenters. The second-order valence-corrected chi connectivity index (χ2v) is 7.03. The quantitative estimate of drug-likeness (QED) is 0.395. The van der Waals surface area contributed by atoms with Crippen molar-refractivity contribution < 1.29 is 14.0 Å². The van der Waals surface area contributed by atoms with Gasteiger partial charge in [0, 0.05) is 6.04 Å². The van der Waals surface area contributed by atoms with Crippen LogP contribution in [0.25, 0.3) is 10.9 Å². The van der Waals surface area contributed by atoms with Crippen LogP contribution >= 0.6 is 11.8 Å². The van der Waals surface area contributed by atoms with Crippen LogP contribution in [0.5, 0.6) is 0 Å². The fourth-order valence-electron chi connectivity index (χ4n) is 2.64. The molecule has 138 valence electrons. The first-order valence-corrected chi connectivity index (χ1v) is 9.39. The lowest BCUT2D eigenvalue weighted by molar-refractivity contribution is -0.119. The summed E-state index contributed by atoms with van der Waals surface area (Å²) in [7, 11) is 0. The van der Waals surface area contributed by atoms with Crippen molar-refractivity contribution in [2.75, 3.05) is 5.75 Å². The van der Waals surface area contributed by atoms with E-state index in [-0.39, 0.29) is 23.1 Å². The van der Waals surface area contributed by atoms with E-state index in [1.165, 1.54) is 24.1 Å². The number of carbonyl (C=O) groups excluding carboxylic acids is 2. The van der Waals surface area contributed by atoms with Crippen molar-refractivity contribution in [3.63, 3.8) is 0 Å². The van der Waals surface area contributed by atoms with Gasteiger partial charge in [-0.05, 0) is 37.1 Å². The van der Waals surface area contributed by atoms with Crippen LogP contribution in [0.3, 0.4) is 0 Å². The average molecular weight is 384 g/mol. The molecule has 9 heteroatoms. The lowest BCUT2D eigenvalue weighted by atomic mass is 10.2. The molecule has 1 aliphatic carbocycles. The summed E-state index contributed by atoms with van der Waals surface area (Å²) in [6.45, 7) is 0. The maximum atomic E-state index is 12.8. The van der Waals surface area contributed by atoms with E-state index < -0.39 is 11.8 Å². The molecular formula is C18H16N4O4S. The predicted molar refractivity (Wildman–Crippen MR) is 99.3 cm³/mol. The number of hydrazine groups is 1. The summed E-state index contributed by atoms with van der Waals surface area (Å²) >= 11 is 1.17. The van der Waals surface area contributed by atoms with Gasteiger partial charge in [0.2, 0.25) is 5.91 Å². The molecule has 0 spiro atoms. The van der Waals surface area contributed by atoms with Crippen molar-refractivity contribution in [1.29, 1.82) is 0 Å². The van der Waals surface area contributed by atoms with Crippen LogP contribution in [0, 0.1) is 0 Å². The summed E-state index contributed by atoms with van der Waals surface area (Å²) < 4.78 is 6.61. The Hall–Kier alpha value is -3.07. The number of carbonyl (C=O) groups is 2. The summed E-state index contributed by atoms with van der Waals surface area (Å²) in [6, 6.07) is 10.4. The number of benzene rings is 1. The van der Waals surface area contributed by atoms with E-state index in [0.717, 1.165) is 12.8 Å². The van der Waals surface area contributed by atoms with Gasteiger partial charge in [-0.2, -0.15) is 0 Å². The molecule has 2 amide bonds. The van der Waals surface area contributed by atoms with Crippen molar-refractivity contribution in [2.24, 2.45) is 0 Å². The number of fused-ring (bicyclic) bond motifs is 1. The first kappa shape index (κ1) is 17.3. The molecule has 1 aromatic carbocycles. The molecule has 2 heterocycles. The predicted octanol–water partition coefficient (Wildman–Crippen LogP) is 1.88. The number of hydrogen-bond acceptors (Lipinski definition) is 6. The van der Waals surface area contributed by atoms with Gasteiger partial charge < -0.3 is 4.42 Å². The number of furan rings is 1. The number of amides is 2. The Kier molecular flexibility index (Phi) is 4.68. The van der Waals surface area contributed by atoms with Crippen molar-refractivity contribution in [3.8, 4) is 0 Å². The number of hydrogen-bond donors (Lipinski definition) is 2. The van der Waals surface area contributed by atoms with Crippen LogP contribution in [0.15, 0.2) is 57.0 Å². The Morgan fingerprint density at radius 3 is 2.74 bits per heavy atom. The van der Waals surface area contributed by atoms with Crippen LogP contribution in [-0.2, 0) is 4.79 Å². The van der Waals surface area contributed by atoms with Crippen molar-refractivity contribution in [1.82, 2.24) is 20.4 Å². The third-order valence-corrected chi connectivity index (χ3v) is 5.03. The van der Waals surface area contributed by atoms with Gasteiger partial charge in [-0.3, -0.25) is 29.8 Å². The number of rotatable bonds is 5. The third-order valence-electron chi connectivity index (χ3n) is 4.08. The first-order valence-electron chi connectivity index (χ1n) is 8.40. The Morgan fingerprint density at radius 2 is 2.00 bits per heavy atom. The molecule has 0 radical (unpaired) electrons. The van der Waals surface area contributed by atoms with Crippen LogP contribution in [0.1, 0.15) is 29.4 Å². The highest BCUT2D eigenvalue weighted by atomic mass is 32.2. The summed E-state index contributed by atoms with van der Waals surface area (Å²) in [5.74, 6) is -0.848. The van der Waals surface area contributed by atoms with Crippen molar-refractivity contribution in [2.45, 2.75) is 24.0 Å². The highest BCUT2D eigenvalue weighted by Gasteiger charge is 2.28. The fourth-order valence-corrected chi connectivity index (χ4v) is 3.51. The van der Waals surface area contributed by atoms with Gasteiger partial charge in [0.15, 0.2) is 10.9 Å². The molecule has 0 aliphatic heterocycles. The van der Waals surface area contributed by atoms with Gasteiger partial charge in [0.1, 0.15) is 0 Å². The summed E-state index contributed by atoms with van der Waals surface area (Å²) in [4.78, 5) is 41.1. The molecule has 0 saturated heterocycles. The van der Waals surface area contributed by atoms with E-state index in [1.54, 1.807) is 22.8 Å². The molecular weight excluding hydrogens is 368 g/mol. The van der Waals surface area contributed by atoms with E-state index in [9.17, 15) is 14.4 Å². The summed E-state index contributed by atoms with van der Waals surface area (Å²) in [5, 5.41) is 1.08. The van der Waals surface area contributed by atoms with E-state index in [1.807, 2.05) is 12.1 Å². The van der Waals surface area contributed by atoms with E-state index in [2.05, 4.69) is 15.8 Å². The molecule has 0 unspecified atom stereocenters. The molecule has 2 aromatic heterocycles. The standard InChI is InChI=1S/C18H16N4O4S/c23-15(20-21-16(24)14-6-3-9-26-14)10-27-18-19-13-5-2-1-4-12(13)17(25)22(18)11-7-8-11/h1-6,9,11H,7-8,10H2,(H,20,23)(H,21,24). The Morgan fingerprint density at radius 1 is 1.19 bits per heavy atom. The number of nitrogens with one attached hydrogen (secondary N) is 2. The second kappa shape index (κ2) is 7.28. The number of nitrogens with zero attached hydrogens (tertiary/aromatic N) is 2. The van der Waals surface area contributed by atoms with E-state index in [4.69, 9.17) is 4.42 Å². The van der Waals surface area contributed by atoms with Crippen LogP contribution in [0.2, 0.25) is 0 Å². The molecule has 1 saturated carbocycles. The van der Waals surface area contributed by atoms with Gasteiger partial charge in [-0.15, -0.1) is 0 Å². The van der Waals surface area contributed by atoms with Gasteiger partial charge >= 0.3 is 5.91 Å². The molecule has 27 heavy (non-hydrogen) atoms. The third kappa shape index (κ3) is 3.72. The highest BCUT2D eigenvalue weighted by Crippen LogP contribution is 2.36. The molecule has 3 aromatic rings. The summed E-state index contributed by atoms with van der Waals surface area (Å²) in [5.41, 5.74) is 5.12. The topological polar surface area (TPSA) is 106 Å². The number of thioether (sulfide) groups is 1. The highest BCUT2D eigenvalue weighted by molar-refractivity contribution is 7.99. The minimum absolute atomic E-state index is 0.00986. The average Bonchev–Trinajstić information content (AvgIpc) is 3.36. The zero-order valence-electron chi connectivity index (χ0n) is 14.2. The molecule has 8 nitrogen and oxygen atoms in total. The van der Waals surface area contributed by atoms with E-state index >= 15 is 0 Å². The minimum Gasteiger partial charge on any atom is -0.459 e. The van der Waals surface area contributed by atoms with Crippen molar-refractivity contribution >= 4 is 34.5 Å². The zero-order valence-corrected chi connectivity index (χ0v) is 15.0. The minimum atomic E-state index is -0.544. The van der Waals surface area contributed by atoms with E-state index in [0.29, 0.717) is 16.1 Å². The Bertz CT molecular complexity index is 1060. The van der Waals surface area contributed by atoms with Gasteiger partial charge in [0.05, 0.1) is 22.9 Å².